The van der Waals surface area contributed by atoms with Gasteiger partial charge in [0.2, 0.25) is 0 Å². The van der Waals surface area contributed by atoms with Crippen LogP contribution in [0.3, 0.4) is 0 Å². The summed E-state index contributed by atoms with van der Waals surface area (Å²) in [6, 6.07) is 10.7. The molecule has 2 aromatic heterocycles. The van der Waals surface area contributed by atoms with Crippen molar-refractivity contribution in [2.75, 3.05) is 0 Å². The van der Waals surface area contributed by atoms with Gasteiger partial charge in [0.1, 0.15) is 0 Å². The molecule has 122 valence electrons. The predicted octanol–water partition coefficient (Wildman–Crippen LogP) is 3.33. The number of imidazole rings is 1. The maximum Gasteiger partial charge on any atom is 0.251 e. The van der Waals surface area contributed by atoms with Crippen LogP contribution in [0.15, 0.2) is 60.5 Å². The fourth-order valence-corrected chi connectivity index (χ4v) is 3.05. The second-order valence-corrected chi connectivity index (χ2v) is 6.44. The van der Waals surface area contributed by atoms with Gasteiger partial charge in [-0.1, -0.05) is 6.07 Å². The van der Waals surface area contributed by atoms with Crippen LogP contribution in [0, 0.1) is 0 Å². The van der Waals surface area contributed by atoms with Crippen molar-refractivity contribution in [3.63, 3.8) is 0 Å². The van der Waals surface area contributed by atoms with Crippen molar-refractivity contribution < 1.29 is 9.59 Å². The average Bonchev–Trinajstić information content (AvgIpc) is 3.28. The third-order valence-corrected chi connectivity index (χ3v) is 4.51. The molecule has 24 heavy (non-hydrogen) atoms. The molecule has 1 aromatic carbocycles. The summed E-state index contributed by atoms with van der Waals surface area (Å²) >= 11 is 1.42. The molecule has 0 unspecified atom stereocenters. The largest absolute Gasteiger partial charge is 0.349 e. The van der Waals surface area contributed by atoms with Crippen molar-refractivity contribution in [1.29, 1.82) is 0 Å². The second kappa shape index (κ2) is 7.23. The Kier molecular flexibility index (Phi) is 4.86. The van der Waals surface area contributed by atoms with Crippen LogP contribution in [-0.2, 0) is 0 Å². The highest BCUT2D eigenvalue weighted by Gasteiger charge is 2.15. The van der Waals surface area contributed by atoms with E-state index in [1.165, 1.54) is 11.3 Å². The summed E-state index contributed by atoms with van der Waals surface area (Å²) < 4.78 is 1.87. The quantitative estimate of drug-likeness (QED) is 0.701. The fraction of sp³-hybridized carbons (Fsp3) is 0.167. The van der Waals surface area contributed by atoms with Crippen molar-refractivity contribution in [1.82, 2.24) is 14.9 Å². The average molecular weight is 339 g/mol. The smallest absolute Gasteiger partial charge is 0.251 e. The first-order chi connectivity index (χ1) is 11.6. The highest BCUT2D eigenvalue weighted by Crippen LogP contribution is 2.13. The van der Waals surface area contributed by atoms with E-state index in [1.54, 1.807) is 30.7 Å². The topological polar surface area (TPSA) is 64.0 Å². The number of nitrogens with one attached hydrogen (secondary N) is 1. The van der Waals surface area contributed by atoms with E-state index in [2.05, 4.69) is 10.3 Å². The number of nitrogens with zero attached hydrogens (tertiary/aromatic N) is 2. The highest BCUT2D eigenvalue weighted by atomic mass is 32.1. The fourth-order valence-electron chi connectivity index (χ4n) is 2.37. The number of Topliss-reactive ketones (excluding diaryl/α,β-unsaturated/α-hetero) is 1. The van der Waals surface area contributed by atoms with Crippen molar-refractivity contribution in [2.45, 2.75) is 19.4 Å². The van der Waals surface area contributed by atoms with Gasteiger partial charge in [0, 0.05) is 36.1 Å². The van der Waals surface area contributed by atoms with E-state index in [1.807, 2.05) is 41.3 Å². The summed E-state index contributed by atoms with van der Waals surface area (Å²) in [7, 11) is 0. The summed E-state index contributed by atoms with van der Waals surface area (Å²) in [5, 5.41) is 4.74. The molecule has 3 aromatic rings. The van der Waals surface area contributed by atoms with Gasteiger partial charge in [-0.15, -0.1) is 11.3 Å². The van der Waals surface area contributed by atoms with Gasteiger partial charge in [-0.2, -0.15) is 0 Å². The number of thiophene rings is 1. The SMILES string of the molecule is C[C@@H](CC(=O)c1cccs1)NC(=O)c1ccc(-n2ccnc2)cc1. The molecular formula is C18H17N3O2S. The zero-order chi connectivity index (χ0) is 16.9. The number of benzene rings is 1. The zero-order valence-corrected chi connectivity index (χ0v) is 14.0. The van der Waals surface area contributed by atoms with Gasteiger partial charge in [-0.05, 0) is 42.6 Å². The molecule has 0 saturated heterocycles. The van der Waals surface area contributed by atoms with E-state index in [0.717, 1.165) is 10.6 Å². The number of hydrogen-bond donors (Lipinski definition) is 1. The summed E-state index contributed by atoms with van der Waals surface area (Å²) in [5.41, 5.74) is 1.50. The number of hydrogen-bond acceptors (Lipinski definition) is 4. The third kappa shape index (κ3) is 3.78. The van der Waals surface area contributed by atoms with Gasteiger partial charge in [0.15, 0.2) is 5.78 Å². The summed E-state index contributed by atoms with van der Waals surface area (Å²) in [4.78, 5) is 29.1. The molecule has 0 aliphatic rings. The molecule has 1 N–H and O–H groups in total. The molecule has 0 aliphatic heterocycles. The number of carbonyl (C=O) groups is 2. The predicted molar refractivity (Wildman–Crippen MR) is 93.8 cm³/mol. The third-order valence-electron chi connectivity index (χ3n) is 3.60. The molecule has 1 amide bonds. The van der Waals surface area contributed by atoms with Crippen LogP contribution in [0.4, 0.5) is 0 Å². The minimum absolute atomic E-state index is 0.0493. The Morgan fingerprint density at radius 2 is 2.04 bits per heavy atom. The van der Waals surface area contributed by atoms with E-state index in [4.69, 9.17) is 0 Å². The molecule has 0 radical (unpaired) electrons. The van der Waals surface area contributed by atoms with E-state index in [0.29, 0.717) is 12.0 Å². The lowest BCUT2D eigenvalue weighted by molar-refractivity contribution is 0.0919. The second-order valence-electron chi connectivity index (χ2n) is 5.50. The number of amides is 1. The van der Waals surface area contributed by atoms with Gasteiger partial charge in [0.05, 0.1) is 11.2 Å². The Morgan fingerprint density at radius 1 is 1.25 bits per heavy atom. The lowest BCUT2D eigenvalue weighted by Crippen LogP contribution is -2.34. The van der Waals surface area contributed by atoms with Gasteiger partial charge in [0.25, 0.3) is 5.91 Å². The number of carbonyl (C=O) groups excluding carboxylic acids is 2. The molecule has 1 atom stereocenters. The first-order valence-electron chi connectivity index (χ1n) is 7.59. The van der Waals surface area contributed by atoms with Crippen LogP contribution >= 0.6 is 11.3 Å². The molecule has 0 spiro atoms. The first kappa shape index (κ1) is 16.1. The highest BCUT2D eigenvalue weighted by molar-refractivity contribution is 7.12. The first-order valence-corrected chi connectivity index (χ1v) is 8.47. The van der Waals surface area contributed by atoms with E-state index in [-0.39, 0.29) is 17.7 Å². The van der Waals surface area contributed by atoms with Gasteiger partial charge >= 0.3 is 0 Å². The maximum absolute atomic E-state index is 12.3. The maximum atomic E-state index is 12.3. The molecule has 0 saturated carbocycles. The van der Waals surface area contributed by atoms with E-state index >= 15 is 0 Å². The van der Waals surface area contributed by atoms with E-state index in [9.17, 15) is 9.59 Å². The van der Waals surface area contributed by atoms with Crippen LogP contribution in [-0.4, -0.2) is 27.3 Å². The Balaban J connectivity index is 1.59. The number of rotatable bonds is 6. The molecule has 0 aliphatic carbocycles. The number of aromatic nitrogens is 2. The minimum atomic E-state index is -0.222. The minimum Gasteiger partial charge on any atom is -0.349 e. The Morgan fingerprint density at radius 3 is 2.67 bits per heavy atom. The van der Waals surface area contributed by atoms with Crippen LogP contribution in [0.1, 0.15) is 33.4 Å². The standard InChI is InChI=1S/C18H17N3O2S/c1-13(11-16(22)17-3-2-10-24-17)20-18(23)14-4-6-15(7-5-14)21-9-8-19-12-21/h2-10,12-13H,11H2,1H3,(H,20,23)/t13-/m0/s1. The van der Waals surface area contributed by atoms with Crippen molar-refractivity contribution in [3.8, 4) is 5.69 Å². The Labute approximate surface area is 144 Å². The van der Waals surface area contributed by atoms with Crippen molar-refractivity contribution in [2.24, 2.45) is 0 Å². The van der Waals surface area contributed by atoms with Crippen LogP contribution in [0.5, 0.6) is 0 Å². The molecular weight excluding hydrogens is 322 g/mol. The van der Waals surface area contributed by atoms with Gasteiger partial charge in [-0.25, -0.2) is 4.98 Å². The molecule has 0 bridgehead atoms. The van der Waals surface area contributed by atoms with Crippen molar-refractivity contribution in [3.05, 3.63) is 70.9 Å². The number of ketones is 1. The van der Waals surface area contributed by atoms with Crippen LogP contribution in [0.25, 0.3) is 5.69 Å². The molecule has 2 heterocycles. The lowest BCUT2D eigenvalue weighted by atomic mass is 10.1. The van der Waals surface area contributed by atoms with Gasteiger partial charge < -0.3 is 9.88 Å². The summed E-state index contributed by atoms with van der Waals surface area (Å²) in [6.07, 6.45) is 5.53. The van der Waals surface area contributed by atoms with Gasteiger partial charge in [-0.3, -0.25) is 9.59 Å². The molecule has 6 heteroatoms. The Bertz CT molecular complexity index is 809. The monoisotopic (exact) mass is 339 g/mol. The molecule has 3 rings (SSSR count). The van der Waals surface area contributed by atoms with E-state index < -0.39 is 0 Å². The molecule has 0 fully saturated rings. The van der Waals surface area contributed by atoms with Crippen LogP contribution in [0.2, 0.25) is 0 Å². The zero-order valence-electron chi connectivity index (χ0n) is 13.2. The van der Waals surface area contributed by atoms with Crippen molar-refractivity contribution >= 4 is 23.0 Å². The summed E-state index contributed by atoms with van der Waals surface area (Å²) in [5.74, 6) is -0.132. The normalized spacial score (nSPS) is 11.9. The lowest BCUT2D eigenvalue weighted by Gasteiger charge is -2.13. The van der Waals surface area contributed by atoms with Crippen LogP contribution < -0.4 is 5.32 Å². The molecule has 5 nitrogen and oxygen atoms in total. The Hall–Kier alpha value is -2.73. The summed E-state index contributed by atoms with van der Waals surface area (Å²) in [6.45, 7) is 1.84.